The molecule has 0 fully saturated rings. The van der Waals surface area contributed by atoms with Crippen molar-refractivity contribution in [1.29, 1.82) is 0 Å². The van der Waals surface area contributed by atoms with Gasteiger partial charge in [-0.3, -0.25) is 0 Å². The highest BCUT2D eigenvalue weighted by molar-refractivity contribution is 8.17. The van der Waals surface area contributed by atoms with Crippen molar-refractivity contribution in [3.63, 3.8) is 0 Å². The van der Waals surface area contributed by atoms with E-state index < -0.39 is 0 Å². The number of rotatable bonds is 14. The quantitative estimate of drug-likeness (QED) is 0.330. The number of hydrogen-bond donors (Lipinski definition) is 1. The van der Waals surface area contributed by atoms with Crippen LogP contribution in [0.3, 0.4) is 0 Å². The molecule has 0 unspecified atom stereocenters. The summed E-state index contributed by atoms with van der Waals surface area (Å²) in [5.41, 5.74) is 2.08. The summed E-state index contributed by atoms with van der Waals surface area (Å²) in [6, 6.07) is 3.57. The lowest BCUT2D eigenvalue weighted by Crippen LogP contribution is -2.10. The Bertz CT molecular complexity index is 474. The average Bonchev–Trinajstić information content (AvgIpc) is 2.58. The summed E-state index contributed by atoms with van der Waals surface area (Å²) in [5, 5.41) is 9.68. The zero-order chi connectivity index (χ0) is 18.5. The molecule has 3 nitrogen and oxygen atoms in total. The molecule has 0 aromatic heterocycles. The normalized spacial score (nSPS) is 11.2. The maximum absolute atomic E-state index is 9.68. The van der Waals surface area contributed by atoms with Crippen LogP contribution in [0.15, 0.2) is 12.1 Å². The molecule has 0 amide bonds. The van der Waals surface area contributed by atoms with Crippen LogP contribution in [0.1, 0.15) is 51.2 Å². The van der Waals surface area contributed by atoms with Gasteiger partial charge < -0.3 is 14.6 Å². The smallest absolute Gasteiger partial charge is 0.125 e. The number of hydrogen-bond acceptors (Lipinski definition) is 5. The summed E-state index contributed by atoms with van der Waals surface area (Å²) >= 11 is 3.95. The van der Waals surface area contributed by atoms with Gasteiger partial charge in [0, 0.05) is 6.61 Å². The molecule has 0 aliphatic rings. The van der Waals surface area contributed by atoms with Crippen LogP contribution in [0.5, 0.6) is 11.5 Å². The molecule has 0 spiro atoms. The van der Waals surface area contributed by atoms with Gasteiger partial charge in [-0.05, 0) is 67.4 Å². The SMILES string of the molecule is CCSC(COCCCCCOc1c(C)cc(O)cc1CC)SCC. The monoisotopic (exact) mass is 386 g/mol. The van der Waals surface area contributed by atoms with Crippen molar-refractivity contribution in [3.05, 3.63) is 23.3 Å². The summed E-state index contributed by atoms with van der Waals surface area (Å²) < 4.78 is 12.4. The highest BCUT2D eigenvalue weighted by Gasteiger charge is 2.09. The van der Waals surface area contributed by atoms with Gasteiger partial charge in [-0.15, -0.1) is 23.5 Å². The third kappa shape index (κ3) is 9.11. The second-order valence-electron chi connectivity index (χ2n) is 5.93. The highest BCUT2D eigenvalue weighted by atomic mass is 32.2. The number of aryl methyl sites for hydroxylation is 2. The summed E-state index contributed by atoms with van der Waals surface area (Å²) in [4.78, 5) is 0. The Morgan fingerprint density at radius 2 is 1.68 bits per heavy atom. The standard InChI is InChI=1S/C20H34O3S2/c1-5-17-14-18(21)13-16(4)20(17)23-12-10-8-9-11-22-15-19(24-6-2)25-7-3/h13-14,19,21H,5-12,15H2,1-4H3. The Hall–Kier alpha value is -0.520. The number of thioether (sulfide) groups is 2. The molecule has 0 aliphatic carbocycles. The van der Waals surface area contributed by atoms with Crippen LogP contribution in [-0.2, 0) is 11.2 Å². The predicted octanol–water partition coefficient (Wildman–Crippen LogP) is 5.66. The van der Waals surface area contributed by atoms with Crippen LogP contribution in [0.25, 0.3) is 0 Å². The van der Waals surface area contributed by atoms with Crippen LogP contribution in [0.2, 0.25) is 0 Å². The minimum atomic E-state index is 0.319. The van der Waals surface area contributed by atoms with Crippen LogP contribution in [0, 0.1) is 6.92 Å². The van der Waals surface area contributed by atoms with Crippen molar-refractivity contribution in [1.82, 2.24) is 0 Å². The summed E-state index contributed by atoms with van der Waals surface area (Å²) in [5.74, 6) is 3.55. The number of ether oxygens (including phenoxy) is 2. The molecule has 5 heteroatoms. The number of unbranched alkanes of at least 4 members (excludes halogenated alkanes) is 2. The fraction of sp³-hybridized carbons (Fsp3) is 0.700. The van der Waals surface area contributed by atoms with Gasteiger partial charge >= 0.3 is 0 Å². The molecule has 144 valence electrons. The third-order valence-corrected chi connectivity index (χ3v) is 6.35. The van der Waals surface area contributed by atoms with Crippen LogP contribution >= 0.6 is 23.5 Å². The van der Waals surface area contributed by atoms with Crippen molar-refractivity contribution < 1.29 is 14.6 Å². The number of phenols is 1. The van der Waals surface area contributed by atoms with Gasteiger partial charge in [-0.25, -0.2) is 0 Å². The van der Waals surface area contributed by atoms with Gasteiger partial charge in [0.25, 0.3) is 0 Å². The molecule has 1 aromatic rings. The summed E-state index contributed by atoms with van der Waals surface area (Å²) in [7, 11) is 0. The molecule has 1 aromatic carbocycles. The lowest BCUT2D eigenvalue weighted by atomic mass is 10.1. The zero-order valence-electron chi connectivity index (χ0n) is 16.2. The fourth-order valence-corrected chi connectivity index (χ4v) is 4.98. The van der Waals surface area contributed by atoms with Gasteiger partial charge in [0.2, 0.25) is 0 Å². The molecule has 0 heterocycles. The summed E-state index contributed by atoms with van der Waals surface area (Å²) in [6.45, 7) is 10.9. The van der Waals surface area contributed by atoms with Gasteiger partial charge in [0.05, 0.1) is 17.8 Å². The molecule has 0 aliphatic heterocycles. The Morgan fingerprint density at radius 3 is 2.32 bits per heavy atom. The molecular formula is C20H34O3S2. The lowest BCUT2D eigenvalue weighted by Gasteiger charge is -2.15. The predicted molar refractivity (Wildman–Crippen MR) is 112 cm³/mol. The van der Waals surface area contributed by atoms with Gasteiger partial charge in [0.15, 0.2) is 0 Å². The van der Waals surface area contributed by atoms with Crippen molar-refractivity contribution in [2.75, 3.05) is 31.3 Å². The lowest BCUT2D eigenvalue weighted by molar-refractivity contribution is 0.140. The molecule has 1 N–H and O–H groups in total. The van der Waals surface area contributed by atoms with Crippen molar-refractivity contribution >= 4 is 23.5 Å². The largest absolute Gasteiger partial charge is 0.508 e. The first-order valence-corrected chi connectivity index (χ1v) is 11.5. The molecule has 0 bridgehead atoms. The summed E-state index contributed by atoms with van der Waals surface area (Å²) in [6.07, 6.45) is 4.10. The number of phenolic OH excluding ortho intramolecular Hbond substituents is 1. The van der Waals surface area contributed by atoms with E-state index in [-0.39, 0.29) is 0 Å². The second-order valence-corrected chi connectivity index (χ2v) is 9.19. The molecule has 0 saturated carbocycles. The Labute approximate surface area is 162 Å². The molecule has 0 atom stereocenters. The van der Waals surface area contributed by atoms with E-state index in [0.717, 1.165) is 73.9 Å². The minimum absolute atomic E-state index is 0.319. The van der Waals surface area contributed by atoms with E-state index in [2.05, 4.69) is 20.8 Å². The fourth-order valence-electron chi connectivity index (χ4n) is 2.65. The maximum Gasteiger partial charge on any atom is 0.125 e. The first-order valence-electron chi connectivity index (χ1n) is 9.38. The van der Waals surface area contributed by atoms with Gasteiger partial charge in [0.1, 0.15) is 11.5 Å². The molecular weight excluding hydrogens is 352 g/mol. The zero-order valence-corrected chi connectivity index (χ0v) is 17.8. The minimum Gasteiger partial charge on any atom is -0.508 e. The average molecular weight is 387 g/mol. The number of benzene rings is 1. The Kier molecular flexibility index (Phi) is 12.3. The van der Waals surface area contributed by atoms with E-state index in [1.54, 1.807) is 12.1 Å². The van der Waals surface area contributed by atoms with Crippen LogP contribution in [0.4, 0.5) is 0 Å². The third-order valence-electron chi connectivity index (χ3n) is 3.86. The van der Waals surface area contributed by atoms with Gasteiger partial charge in [-0.2, -0.15) is 0 Å². The van der Waals surface area contributed by atoms with E-state index in [1.807, 2.05) is 30.4 Å². The molecule has 25 heavy (non-hydrogen) atoms. The van der Waals surface area contributed by atoms with E-state index >= 15 is 0 Å². The van der Waals surface area contributed by atoms with E-state index in [4.69, 9.17) is 9.47 Å². The van der Waals surface area contributed by atoms with Crippen molar-refractivity contribution in [2.45, 2.75) is 58.0 Å². The van der Waals surface area contributed by atoms with E-state index in [9.17, 15) is 5.11 Å². The highest BCUT2D eigenvalue weighted by Crippen LogP contribution is 2.29. The van der Waals surface area contributed by atoms with Gasteiger partial charge in [-0.1, -0.05) is 20.8 Å². The first-order chi connectivity index (χ1) is 12.1. The van der Waals surface area contributed by atoms with E-state index in [1.165, 1.54) is 0 Å². The molecule has 1 rings (SSSR count). The van der Waals surface area contributed by atoms with Crippen molar-refractivity contribution in [3.8, 4) is 11.5 Å². The van der Waals surface area contributed by atoms with Crippen molar-refractivity contribution in [2.24, 2.45) is 0 Å². The number of aromatic hydroxyl groups is 1. The Morgan fingerprint density at radius 1 is 1.00 bits per heavy atom. The Balaban J connectivity index is 2.17. The maximum atomic E-state index is 9.68. The molecule has 0 radical (unpaired) electrons. The molecule has 0 saturated heterocycles. The first kappa shape index (κ1) is 22.5. The van der Waals surface area contributed by atoms with Crippen LogP contribution in [-0.4, -0.2) is 41.0 Å². The topological polar surface area (TPSA) is 38.7 Å². The second kappa shape index (κ2) is 13.7. The van der Waals surface area contributed by atoms with Crippen LogP contribution < -0.4 is 4.74 Å². The van der Waals surface area contributed by atoms with E-state index in [0.29, 0.717) is 10.3 Å².